The Balaban J connectivity index is 6.12. The van der Waals surface area contributed by atoms with E-state index >= 15 is 0 Å². The predicted molar refractivity (Wildman–Crippen MR) is 160 cm³/mol. The van der Waals surface area contributed by atoms with Crippen LogP contribution in [-0.4, -0.2) is 82.6 Å². The van der Waals surface area contributed by atoms with Gasteiger partial charge in [-0.05, 0) is 0 Å². The fraction of sp³-hybridized carbons (Fsp3) is 0.931. The Bertz CT molecular complexity index is 614. The SMILES string of the molecule is CCC[CH2][Sn][O][Sn]([CH2]CCC)([CH2]CCC)[O]C(CC(CC)C(CC)CCOC(=O)O)C(CC)CCOC(=O)O. The van der Waals surface area contributed by atoms with Gasteiger partial charge in [0.2, 0.25) is 0 Å². The van der Waals surface area contributed by atoms with Crippen LogP contribution in [0.25, 0.3) is 0 Å². The van der Waals surface area contributed by atoms with Crippen molar-refractivity contribution >= 4 is 53.1 Å². The molecule has 0 aliphatic rings. The molecule has 0 spiro atoms. The number of carbonyl (C=O) groups is 2. The second kappa shape index (κ2) is 24.6. The van der Waals surface area contributed by atoms with Crippen LogP contribution in [-0.2, 0) is 14.0 Å². The molecule has 0 saturated heterocycles. The first-order valence-electron chi connectivity index (χ1n) is 15.5. The van der Waals surface area contributed by atoms with E-state index in [0.717, 1.165) is 60.2 Å². The Kier molecular flexibility index (Phi) is 24.7. The summed E-state index contributed by atoms with van der Waals surface area (Å²) in [6.45, 7) is 13.6. The number of hydrogen-bond acceptors (Lipinski definition) is 6. The summed E-state index contributed by atoms with van der Waals surface area (Å²) in [4.78, 5) is 22.0. The zero-order valence-corrected chi connectivity index (χ0v) is 31.4. The van der Waals surface area contributed by atoms with E-state index in [9.17, 15) is 9.59 Å². The van der Waals surface area contributed by atoms with Gasteiger partial charge in [-0.3, -0.25) is 0 Å². The zero-order chi connectivity index (χ0) is 29.5. The third-order valence-corrected chi connectivity index (χ3v) is 29.2. The standard InChI is InChI=1S/C17H31O7.3C4H9.O.2Sn/c1-4-12(7-9-23-16(19)20)14(6-3)11-15(18)13(5-2)8-10-24-17(21)22;3*1-3-4-2;;;/h12-15H,4-11H2,1-3H3,(H,19,20)(H,21,22);3*1,3-4H2,2H3;;;/q-1;;;;;;+1. The minimum atomic E-state index is -3.39. The van der Waals surface area contributed by atoms with Crippen molar-refractivity contribution in [1.29, 1.82) is 0 Å². The molecule has 0 rings (SSSR count). The van der Waals surface area contributed by atoms with Gasteiger partial charge < -0.3 is 0 Å². The number of carboxylic acid groups (broad SMARTS) is 2. The quantitative estimate of drug-likeness (QED) is 0.0510. The summed E-state index contributed by atoms with van der Waals surface area (Å²) >= 11 is -4.34. The summed E-state index contributed by atoms with van der Waals surface area (Å²) in [6, 6.07) is 0. The Hall–Kier alpha value is 0.0574. The Morgan fingerprint density at radius 2 is 1.21 bits per heavy atom. The Morgan fingerprint density at radius 3 is 1.64 bits per heavy atom. The molecule has 0 aromatic rings. The second-order valence-electron chi connectivity index (χ2n) is 10.7. The molecule has 0 aliphatic heterocycles. The summed E-state index contributed by atoms with van der Waals surface area (Å²) in [5.41, 5.74) is 0. The minimum absolute atomic E-state index is 0.00171. The van der Waals surface area contributed by atoms with Crippen LogP contribution in [0.3, 0.4) is 0 Å². The van der Waals surface area contributed by atoms with Crippen molar-refractivity contribution in [3.63, 3.8) is 0 Å². The summed E-state index contributed by atoms with van der Waals surface area (Å²) in [5, 5.41) is 18.0. The molecule has 230 valence electrons. The third-order valence-electron chi connectivity index (χ3n) is 7.81. The van der Waals surface area contributed by atoms with Gasteiger partial charge >= 0.3 is 256 Å². The molecular formula is C29H58O8Sn2. The molecule has 0 fully saturated rings. The average molecular weight is 772 g/mol. The van der Waals surface area contributed by atoms with Crippen molar-refractivity contribution in [2.45, 2.75) is 138 Å². The van der Waals surface area contributed by atoms with E-state index in [-0.39, 0.29) is 25.2 Å². The van der Waals surface area contributed by atoms with Crippen molar-refractivity contribution in [3.05, 3.63) is 0 Å². The maximum atomic E-state index is 11.1. The molecule has 39 heavy (non-hydrogen) atoms. The molecule has 0 aromatic heterocycles. The zero-order valence-electron chi connectivity index (χ0n) is 25.7. The Labute approximate surface area is 254 Å². The van der Waals surface area contributed by atoms with Crippen molar-refractivity contribution in [1.82, 2.24) is 0 Å². The van der Waals surface area contributed by atoms with Crippen molar-refractivity contribution in [2.75, 3.05) is 13.2 Å². The van der Waals surface area contributed by atoms with E-state index in [2.05, 4.69) is 41.5 Å². The van der Waals surface area contributed by atoms with Crippen molar-refractivity contribution < 1.29 is 33.8 Å². The summed E-state index contributed by atoms with van der Waals surface area (Å²) in [6.07, 6.45) is 9.57. The van der Waals surface area contributed by atoms with Crippen LogP contribution in [0.2, 0.25) is 13.3 Å². The van der Waals surface area contributed by atoms with Crippen molar-refractivity contribution in [2.24, 2.45) is 17.8 Å². The van der Waals surface area contributed by atoms with Gasteiger partial charge in [0, 0.05) is 0 Å². The van der Waals surface area contributed by atoms with Gasteiger partial charge in [-0.25, -0.2) is 0 Å². The van der Waals surface area contributed by atoms with Gasteiger partial charge in [-0.1, -0.05) is 0 Å². The normalized spacial score (nSPS) is 14.9. The van der Waals surface area contributed by atoms with Crippen LogP contribution in [0, 0.1) is 17.8 Å². The van der Waals surface area contributed by atoms with Gasteiger partial charge in [-0.2, -0.15) is 0 Å². The molecule has 4 unspecified atom stereocenters. The fourth-order valence-corrected chi connectivity index (χ4v) is 29.2. The fourth-order valence-electron chi connectivity index (χ4n) is 5.32. The van der Waals surface area contributed by atoms with E-state index in [4.69, 9.17) is 24.2 Å². The summed E-state index contributed by atoms with van der Waals surface area (Å²) < 4.78 is 27.7. The van der Waals surface area contributed by atoms with Crippen LogP contribution >= 0.6 is 0 Å². The third kappa shape index (κ3) is 18.3. The van der Waals surface area contributed by atoms with Crippen LogP contribution in [0.15, 0.2) is 0 Å². The Morgan fingerprint density at radius 1 is 0.718 bits per heavy atom. The van der Waals surface area contributed by atoms with Gasteiger partial charge in [0.05, 0.1) is 0 Å². The molecule has 0 bridgehead atoms. The topological polar surface area (TPSA) is 112 Å². The van der Waals surface area contributed by atoms with E-state index in [1.54, 1.807) is 0 Å². The first-order valence-corrected chi connectivity index (χ1v) is 25.1. The van der Waals surface area contributed by atoms with E-state index in [0.29, 0.717) is 24.7 Å². The number of ether oxygens (including phenoxy) is 2. The molecule has 2 radical (unpaired) electrons. The molecule has 0 heterocycles. The predicted octanol–water partition coefficient (Wildman–Crippen LogP) is 8.91. The molecule has 2 N–H and O–H groups in total. The van der Waals surface area contributed by atoms with E-state index in [1.807, 2.05) is 0 Å². The molecule has 10 heteroatoms. The summed E-state index contributed by atoms with van der Waals surface area (Å²) in [5.74, 6) is 0.898. The number of hydrogen-bond donors (Lipinski definition) is 2. The van der Waals surface area contributed by atoms with E-state index in [1.165, 1.54) is 17.3 Å². The monoisotopic (exact) mass is 774 g/mol. The molecule has 0 aromatic carbocycles. The van der Waals surface area contributed by atoms with Crippen LogP contribution < -0.4 is 0 Å². The molecule has 0 amide bonds. The van der Waals surface area contributed by atoms with Crippen molar-refractivity contribution in [3.8, 4) is 0 Å². The molecule has 4 atom stereocenters. The molecular weight excluding hydrogens is 714 g/mol. The van der Waals surface area contributed by atoms with Gasteiger partial charge in [0.1, 0.15) is 0 Å². The van der Waals surface area contributed by atoms with E-state index < -0.39 is 53.1 Å². The molecule has 0 saturated carbocycles. The second-order valence-corrected chi connectivity index (χ2v) is 26.1. The van der Waals surface area contributed by atoms with Crippen LogP contribution in [0.5, 0.6) is 0 Å². The molecule has 8 nitrogen and oxygen atoms in total. The van der Waals surface area contributed by atoms with Crippen LogP contribution in [0.4, 0.5) is 9.59 Å². The summed E-state index contributed by atoms with van der Waals surface area (Å²) in [7, 11) is 0. The van der Waals surface area contributed by atoms with Crippen LogP contribution in [0.1, 0.15) is 119 Å². The first kappa shape index (κ1) is 39.1. The van der Waals surface area contributed by atoms with Gasteiger partial charge in [0.15, 0.2) is 0 Å². The maximum absolute atomic E-state index is 11.1. The van der Waals surface area contributed by atoms with Gasteiger partial charge in [-0.15, -0.1) is 0 Å². The van der Waals surface area contributed by atoms with Gasteiger partial charge in [0.25, 0.3) is 0 Å². The average Bonchev–Trinajstić information content (AvgIpc) is 2.91. The number of rotatable bonds is 26. The number of unbranched alkanes of at least 4 members (excludes halogenated alkanes) is 3. The first-order chi connectivity index (χ1) is 18.7. The molecule has 0 aliphatic carbocycles.